The highest BCUT2D eigenvalue weighted by atomic mass is 127. The van der Waals surface area contributed by atoms with Gasteiger partial charge in [0.15, 0.2) is 0 Å². The molecule has 2 aliphatic rings. The van der Waals surface area contributed by atoms with Crippen LogP contribution in [0.5, 0.6) is 0 Å². The molecule has 0 radical (unpaired) electrons. The number of alkyl halides is 5. The van der Waals surface area contributed by atoms with E-state index >= 15 is 0 Å². The minimum Gasteiger partial charge on any atom is -0.456 e. The first-order valence-corrected chi connectivity index (χ1v) is 10.7. The van der Waals surface area contributed by atoms with Gasteiger partial charge in [-0.1, -0.05) is 13.5 Å². The molecule has 2 aliphatic carbocycles. The molecule has 2 saturated carbocycles. The smallest absolute Gasteiger partial charge is 0.338 e. The SMILES string of the molecule is C=C(C)C(=O)OC1(C)CC2CC(C)C(C(=O)OC(C(C)(F)F)C(F)(F)I)C(C2)C1. The second kappa shape index (κ2) is 8.34. The Balaban J connectivity index is 2.21. The van der Waals surface area contributed by atoms with Crippen LogP contribution in [0.15, 0.2) is 12.2 Å². The van der Waals surface area contributed by atoms with Gasteiger partial charge in [-0.05, 0) is 57.3 Å². The van der Waals surface area contributed by atoms with Gasteiger partial charge < -0.3 is 9.47 Å². The van der Waals surface area contributed by atoms with E-state index in [1.54, 1.807) is 13.8 Å². The molecule has 0 saturated heterocycles. The molecule has 0 aliphatic heterocycles. The number of fused-ring (bicyclic) bond motifs is 2. The number of ether oxygens (including phenoxy) is 2. The van der Waals surface area contributed by atoms with E-state index in [4.69, 9.17) is 9.47 Å². The van der Waals surface area contributed by atoms with Crippen LogP contribution < -0.4 is 0 Å². The van der Waals surface area contributed by atoms with Gasteiger partial charge >= 0.3 is 15.9 Å². The topological polar surface area (TPSA) is 52.6 Å². The highest BCUT2D eigenvalue weighted by Crippen LogP contribution is 2.51. The van der Waals surface area contributed by atoms with E-state index in [0.717, 1.165) is 0 Å². The number of hydrogen-bond donors (Lipinski definition) is 0. The predicted molar refractivity (Wildman–Crippen MR) is 107 cm³/mol. The van der Waals surface area contributed by atoms with Crippen LogP contribution in [0.2, 0.25) is 0 Å². The van der Waals surface area contributed by atoms with Crippen LogP contribution in [0.1, 0.15) is 53.4 Å². The van der Waals surface area contributed by atoms with E-state index in [9.17, 15) is 27.2 Å². The van der Waals surface area contributed by atoms with Crippen LogP contribution in [-0.2, 0) is 19.1 Å². The quantitative estimate of drug-likeness (QED) is 0.148. The molecule has 0 heterocycles. The van der Waals surface area contributed by atoms with E-state index in [0.29, 0.717) is 55.2 Å². The second-order valence-corrected chi connectivity index (χ2v) is 10.4. The molecule has 0 aromatic rings. The molecular weight excluding hydrogens is 507 g/mol. The fraction of sp³-hybridized carbons (Fsp3) is 0.800. The fourth-order valence-electron chi connectivity index (χ4n) is 4.90. The fourth-order valence-corrected chi connectivity index (χ4v) is 5.58. The van der Waals surface area contributed by atoms with E-state index in [2.05, 4.69) is 6.58 Å². The van der Waals surface area contributed by atoms with Crippen molar-refractivity contribution in [1.29, 1.82) is 0 Å². The lowest BCUT2D eigenvalue weighted by Crippen LogP contribution is -2.51. The maximum Gasteiger partial charge on any atom is 0.338 e. The Hall–Kier alpha value is -0.870. The van der Waals surface area contributed by atoms with Crippen molar-refractivity contribution in [2.24, 2.45) is 23.7 Å². The van der Waals surface area contributed by atoms with Gasteiger partial charge in [0.05, 0.1) is 5.92 Å². The molecule has 0 spiro atoms. The third-order valence-corrected chi connectivity index (χ3v) is 6.39. The van der Waals surface area contributed by atoms with Crippen LogP contribution in [0, 0.1) is 23.7 Å². The molecule has 2 bridgehead atoms. The normalized spacial score (nSPS) is 33.6. The standard InChI is InChI=1S/C20H27F4IO4/c1-10(2)15(26)29-18(4)8-12-6-11(3)14(13(7-12)9-18)16(27)28-17(19(5,21)22)20(23,24)25/h11-14,17H,1,6-9H2,2-5H3. The molecular formula is C20H27F4IO4. The highest BCUT2D eigenvalue weighted by Gasteiger charge is 2.56. The zero-order valence-corrected chi connectivity index (χ0v) is 19.1. The molecule has 0 aromatic heterocycles. The van der Waals surface area contributed by atoms with Gasteiger partial charge in [-0.3, -0.25) is 4.79 Å². The highest BCUT2D eigenvalue weighted by molar-refractivity contribution is 14.1. The Morgan fingerprint density at radius 1 is 1.21 bits per heavy atom. The third kappa shape index (κ3) is 5.85. The van der Waals surface area contributed by atoms with E-state index < -0.39 is 39.4 Å². The Bertz CT molecular complexity index is 656. The molecule has 2 fully saturated rings. The largest absolute Gasteiger partial charge is 0.456 e. The van der Waals surface area contributed by atoms with Crippen molar-refractivity contribution >= 4 is 34.5 Å². The molecule has 29 heavy (non-hydrogen) atoms. The number of rotatable bonds is 6. The molecule has 0 aromatic carbocycles. The summed E-state index contributed by atoms with van der Waals surface area (Å²) in [4.78, 5) is 24.7. The minimum atomic E-state index is -3.91. The summed E-state index contributed by atoms with van der Waals surface area (Å²) in [5.74, 6) is -6.60. The lowest BCUT2D eigenvalue weighted by atomic mass is 9.59. The third-order valence-electron chi connectivity index (χ3n) is 5.83. The summed E-state index contributed by atoms with van der Waals surface area (Å²) in [5.41, 5.74) is -0.576. The van der Waals surface area contributed by atoms with Crippen LogP contribution in [0.3, 0.4) is 0 Å². The monoisotopic (exact) mass is 534 g/mol. The van der Waals surface area contributed by atoms with Gasteiger partial charge in [0.2, 0.25) is 6.10 Å². The van der Waals surface area contributed by atoms with Crippen LogP contribution >= 0.6 is 22.6 Å². The Morgan fingerprint density at radius 2 is 1.79 bits per heavy atom. The minimum absolute atomic E-state index is 0.185. The summed E-state index contributed by atoms with van der Waals surface area (Å²) in [5, 5.41) is 0. The average Bonchev–Trinajstić information content (AvgIpc) is 2.48. The van der Waals surface area contributed by atoms with Crippen molar-refractivity contribution in [2.75, 3.05) is 0 Å². The summed E-state index contributed by atoms with van der Waals surface area (Å²) >= 11 is 0.571. The number of esters is 2. The number of carbonyl (C=O) groups excluding carboxylic acids is 2. The Kier molecular flexibility index (Phi) is 7.02. The molecule has 0 amide bonds. The van der Waals surface area contributed by atoms with E-state index in [-0.39, 0.29) is 23.3 Å². The first-order valence-electron chi connectivity index (χ1n) is 9.57. The summed E-state index contributed by atoms with van der Waals surface area (Å²) in [6.45, 7) is 8.98. The van der Waals surface area contributed by atoms with Crippen molar-refractivity contribution in [3.63, 3.8) is 0 Å². The molecule has 2 rings (SSSR count). The summed E-state index contributed by atoms with van der Waals surface area (Å²) in [7, 11) is 0. The number of carbonyl (C=O) groups is 2. The van der Waals surface area contributed by atoms with Gasteiger partial charge in [-0.2, -0.15) is 8.78 Å². The molecule has 4 nitrogen and oxygen atoms in total. The zero-order valence-electron chi connectivity index (χ0n) is 16.9. The van der Waals surface area contributed by atoms with E-state index in [1.807, 2.05) is 0 Å². The maximum absolute atomic E-state index is 13.7. The van der Waals surface area contributed by atoms with Crippen molar-refractivity contribution in [1.82, 2.24) is 0 Å². The first kappa shape index (κ1) is 24.4. The molecule has 0 N–H and O–H groups in total. The van der Waals surface area contributed by atoms with Crippen molar-refractivity contribution in [3.8, 4) is 0 Å². The average molecular weight is 534 g/mol. The first-order chi connectivity index (χ1) is 13.0. The van der Waals surface area contributed by atoms with Gasteiger partial charge in [0, 0.05) is 35.1 Å². The van der Waals surface area contributed by atoms with Crippen LogP contribution in [0.4, 0.5) is 17.6 Å². The molecule has 9 heteroatoms. The lowest BCUT2D eigenvalue weighted by molar-refractivity contribution is -0.208. The predicted octanol–water partition coefficient (Wildman–Crippen LogP) is 5.53. The maximum atomic E-state index is 13.7. The second-order valence-electron chi connectivity index (χ2n) is 8.94. The van der Waals surface area contributed by atoms with E-state index in [1.165, 1.54) is 6.92 Å². The van der Waals surface area contributed by atoms with Crippen molar-refractivity contribution < 1.29 is 36.6 Å². The summed E-state index contributed by atoms with van der Waals surface area (Å²) < 4.78 is 61.1. The zero-order chi connectivity index (χ0) is 22.4. The summed E-state index contributed by atoms with van der Waals surface area (Å²) in [6, 6.07) is 0. The van der Waals surface area contributed by atoms with Crippen LogP contribution in [0.25, 0.3) is 0 Å². The number of halogens is 5. The number of hydrogen-bond acceptors (Lipinski definition) is 4. The lowest BCUT2D eigenvalue weighted by Gasteiger charge is -2.49. The van der Waals surface area contributed by atoms with Crippen LogP contribution in [-0.4, -0.2) is 33.5 Å². The summed E-state index contributed by atoms with van der Waals surface area (Å²) in [6.07, 6.45) is -0.650. The van der Waals surface area contributed by atoms with Gasteiger partial charge in [0.25, 0.3) is 5.92 Å². The van der Waals surface area contributed by atoms with Gasteiger partial charge in [-0.25, -0.2) is 13.6 Å². The van der Waals surface area contributed by atoms with Gasteiger partial charge in [-0.15, -0.1) is 0 Å². The molecule has 6 atom stereocenters. The van der Waals surface area contributed by atoms with Crippen molar-refractivity contribution in [3.05, 3.63) is 12.2 Å². The molecule has 166 valence electrons. The van der Waals surface area contributed by atoms with Gasteiger partial charge in [0.1, 0.15) is 5.60 Å². The Morgan fingerprint density at radius 3 is 2.28 bits per heavy atom. The molecule has 6 unspecified atom stereocenters. The van der Waals surface area contributed by atoms with Crippen molar-refractivity contribution in [2.45, 2.75) is 74.9 Å². The Labute approximate surface area is 181 Å².